The van der Waals surface area contributed by atoms with Crippen molar-refractivity contribution >= 4 is 41.3 Å². The number of nitrogens with zero attached hydrogens (tertiary/aromatic N) is 3. The van der Waals surface area contributed by atoms with Crippen molar-refractivity contribution in [2.24, 2.45) is 11.8 Å². The molecule has 1 aromatic rings. The van der Waals surface area contributed by atoms with Gasteiger partial charge in [-0.3, -0.25) is 14.5 Å². The van der Waals surface area contributed by atoms with E-state index in [4.69, 9.17) is 9.47 Å². The molecule has 1 fully saturated rings. The molecular formula is C37H64N6O8S. The zero-order valence-electron chi connectivity index (χ0n) is 32.8. The van der Waals surface area contributed by atoms with Gasteiger partial charge < -0.3 is 35.4 Å². The van der Waals surface area contributed by atoms with Gasteiger partial charge >= 0.3 is 18.2 Å². The van der Waals surface area contributed by atoms with Gasteiger partial charge in [0.2, 0.25) is 11.8 Å². The molecule has 0 radical (unpaired) electrons. The standard InChI is InChI=1S/C37H64N6O8S/c1-10-12-13-15-21-43(33(45)30(25(5)11-2)41-31(44)27-17-14-16-20-42(27)9)28(24(3)4)22-29(32-40-26(23-52-32)34(46)47)50-35(48)38-18-19-39-36(49)51-37(6,7)8/h23-25,27-30H,10-22H2,1-9H3,(H,38,48)(H,39,49)(H,41,44)(H,46,47)/t25-,27+,28+,29+,30-/m0/s1. The van der Waals surface area contributed by atoms with Gasteiger partial charge in [-0.25, -0.2) is 19.4 Å². The van der Waals surface area contributed by atoms with E-state index in [1.54, 1.807) is 20.8 Å². The van der Waals surface area contributed by atoms with Crippen molar-refractivity contribution in [3.05, 3.63) is 16.1 Å². The first-order chi connectivity index (χ1) is 24.5. The number of rotatable bonds is 20. The number of carbonyl (C=O) groups excluding carboxylic acids is 4. The summed E-state index contributed by atoms with van der Waals surface area (Å²) in [5, 5.41) is 19.6. The molecule has 5 atom stereocenters. The Labute approximate surface area is 314 Å². The maximum Gasteiger partial charge on any atom is 0.407 e. The molecule has 4 amide bonds. The first-order valence-corrected chi connectivity index (χ1v) is 19.8. The number of hydrogen-bond acceptors (Lipinski definition) is 10. The average Bonchev–Trinajstić information content (AvgIpc) is 3.57. The summed E-state index contributed by atoms with van der Waals surface area (Å²) in [4.78, 5) is 73.4. The Bertz CT molecular complexity index is 1300. The van der Waals surface area contributed by atoms with E-state index in [1.165, 1.54) is 5.38 Å². The van der Waals surface area contributed by atoms with Crippen LogP contribution >= 0.6 is 11.3 Å². The van der Waals surface area contributed by atoms with E-state index in [0.29, 0.717) is 13.0 Å². The molecule has 1 saturated heterocycles. The minimum absolute atomic E-state index is 0.0468. The Morgan fingerprint density at radius 1 is 1.04 bits per heavy atom. The van der Waals surface area contributed by atoms with Gasteiger partial charge in [-0.15, -0.1) is 11.3 Å². The van der Waals surface area contributed by atoms with Gasteiger partial charge in [-0.1, -0.05) is 66.7 Å². The first-order valence-electron chi connectivity index (χ1n) is 18.9. The van der Waals surface area contributed by atoms with Crippen molar-refractivity contribution < 1.29 is 38.6 Å². The maximum absolute atomic E-state index is 14.7. The van der Waals surface area contributed by atoms with E-state index < -0.39 is 41.9 Å². The highest BCUT2D eigenvalue weighted by Crippen LogP contribution is 2.32. The number of carboxylic acids is 1. The summed E-state index contributed by atoms with van der Waals surface area (Å²) >= 11 is 1.07. The fraction of sp³-hybridized carbons (Fsp3) is 0.784. The summed E-state index contributed by atoms with van der Waals surface area (Å²) in [6, 6.07) is -1.49. The van der Waals surface area contributed by atoms with Crippen LogP contribution in [0.25, 0.3) is 0 Å². The summed E-state index contributed by atoms with van der Waals surface area (Å²) in [5.74, 6) is -1.77. The summed E-state index contributed by atoms with van der Waals surface area (Å²) in [7, 11) is 1.94. The normalized spacial score (nSPS) is 17.4. The topological polar surface area (TPSA) is 179 Å². The zero-order valence-corrected chi connectivity index (χ0v) is 33.6. The molecule has 296 valence electrons. The Kier molecular flexibility index (Phi) is 18.8. The fourth-order valence-corrected chi connectivity index (χ4v) is 7.02. The molecule has 15 heteroatoms. The summed E-state index contributed by atoms with van der Waals surface area (Å²) < 4.78 is 11.1. The highest BCUT2D eigenvalue weighted by atomic mass is 32.1. The Balaban J connectivity index is 2.39. The Morgan fingerprint density at radius 3 is 2.27 bits per heavy atom. The minimum atomic E-state index is -1.21. The third kappa shape index (κ3) is 14.9. The van der Waals surface area contributed by atoms with Crippen LogP contribution in [0.3, 0.4) is 0 Å². The number of likely N-dealkylation sites (tertiary alicyclic amines) is 1. The lowest BCUT2D eigenvalue weighted by molar-refractivity contribution is -0.142. The second kappa shape index (κ2) is 21.9. The molecule has 0 bridgehead atoms. The molecule has 2 rings (SSSR count). The number of aromatic nitrogens is 1. The number of carbonyl (C=O) groups is 5. The molecule has 0 saturated carbocycles. The predicted octanol–water partition coefficient (Wildman–Crippen LogP) is 5.97. The maximum atomic E-state index is 14.7. The summed E-state index contributed by atoms with van der Waals surface area (Å²) in [5.41, 5.74) is -0.840. The number of thiazole rings is 1. The van der Waals surface area contributed by atoms with Gasteiger partial charge in [0.15, 0.2) is 11.8 Å². The van der Waals surface area contributed by atoms with E-state index in [0.717, 1.165) is 62.8 Å². The van der Waals surface area contributed by atoms with Crippen molar-refractivity contribution in [2.75, 3.05) is 33.2 Å². The van der Waals surface area contributed by atoms with Gasteiger partial charge in [0.1, 0.15) is 16.7 Å². The number of amides is 4. The van der Waals surface area contributed by atoms with Crippen molar-refractivity contribution in [3.8, 4) is 0 Å². The number of likely N-dealkylation sites (N-methyl/N-ethyl adjacent to an activating group) is 1. The minimum Gasteiger partial charge on any atom is -0.476 e. The van der Waals surface area contributed by atoms with Gasteiger partial charge in [-0.2, -0.15) is 0 Å². The number of carboxylic acid groups (broad SMARTS) is 1. The number of hydrogen-bond donors (Lipinski definition) is 4. The van der Waals surface area contributed by atoms with Crippen molar-refractivity contribution in [1.29, 1.82) is 0 Å². The molecular weight excluding hydrogens is 689 g/mol. The molecule has 2 heterocycles. The number of piperidine rings is 1. The molecule has 52 heavy (non-hydrogen) atoms. The number of nitrogens with one attached hydrogen (secondary N) is 3. The first kappa shape index (κ1) is 44.7. The highest BCUT2D eigenvalue weighted by molar-refractivity contribution is 7.09. The molecule has 0 spiro atoms. The van der Waals surface area contributed by atoms with E-state index >= 15 is 0 Å². The van der Waals surface area contributed by atoms with Crippen LogP contribution in [0.1, 0.15) is 135 Å². The highest BCUT2D eigenvalue weighted by Gasteiger charge is 2.38. The SMILES string of the molecule is CCCCCCN(C(=O)[C@@H](NC(=O)[C@H]1CCCCN1C)[C@@H](C)CC)[C@H](C[C@@H](OC(=O)NCCNC(=O)OC(C)(C)C)c1nc(C(=O)O)cs1)C(C)C. The van der Waals surface area contributed by atoms with E-state index in [1.807, 2.05) is 39.6 Å². The lowest BCUT2D eigenvalue weighted by Crippen LogP contribution is -2.59. The largest absolute Gasteiger partial charge is 0.476 e. The van der Waals surface area contributed by atoms with E-state index in [9.17, 15) is 29.1 Å². The zero-order chi connectivity index (χ0) is 39.0. The molecule has 1 aromatic heterocycles. The van der Waals surface area contributed by atoms with Gasteiger partial charge in [0.05, 0.1) is 6.04 Å². The smallest absolute Gasteiger partial charge is 0.407 e. The third-order valence-electron chi connectivity index (χ3n) is 9.34. The number of ether oxygens (including phenoxy) is 2. The average molecular weight is 753 g/mol. The predicted molar refractivity (Wildman–Crippen MR) is 201 cm³/mol. The van der Waals surface area contributed by atoms with Gasteiger partial charge in [0.25, 0.3) is 0 Å². The van der Waals surface area contributed by atoms with Crippen molar-refractivity contribution in [2.45, 2.75) is 143 Å². The van der Waals surface area contributed by atoms with E-state index in [2.05, 4.69) is 32.8 Å². The Hall–Kier alpha value is -3.46. The number of aromatic carboxylic acids is 1. The lowest BCUT2D eigenvalue weighted by Gasteiger charge is -2.40. The van der Waals surface area contributed by atoms with Crippen LogP contribution in [0, 0.1) is 11.8 Å². The number of unbranched alkanes of at least 4 members (excludes halogenated alkanes) is 3. The second-order valence-corrected chi connectivity index (χ2v) is 16.0. The molecule has 0 unspecified atom stereocenters. The summed E-state index contributed by atoms with van der Waals surface area (Å²) in [6.45, 7) is 16.7. The second-order valence-electron chi connectivity index (χ2n) is 15.1. The molecule has 0 aromatic carbocycles. The Morgan fingerprint density at radius 2 is 1.71 bits per heavy atom. The molecule has 4 N–H and O–H groups in total. The fourth-order valence-electron chi connectivity index (χ4n) is 6.19. The van der Waals surface area contributed by atoms with Crippen LogP contribution in [-0.2, 0) is 19.1 Å². The monoisotopic (exact) mass is 752 g/mol. The molecule has 14 nitrogen and oxygen atoms in total. The van der Waals surface area contributed by atoms with Crippen LogP contribution < -0.4 is 16.0 Å². The summed E-state index contributed by atoms with van der Waals surface area (Å²) in [6.07, 6.45) is 4.89. The number of alkyl carbamates (subject to hydrolysis) is 2. The quantitative estimate of drug-likeness (QED) is 0.116. The van der Waals surface area contributed by atoms with Crippen LogP contribution in [0.5, 0.6) is 0 Å². The van der Waals surface area contributed by atoms with Gasteiger partial charge in [0, 0.05) is 37.5 Å². The molecule has 1 aliphatic heterocycles. The lowest BCUT2D eigenvalue weighted by atomic mass is 9.91. The molecule has 0 aliphatic carbocycles. The van der Waals surface area contributed by atoms with E-state index in [-0.39, 0.29) is 59.9 Å². The molecule has 1 aliphatic rings. The van der Waals surface area contributed by atoms with Crippen molar-refractivity contribution in [1.82, 2.24) is 30.7 Å². The third-order valence-corrected chi connectivity index (χ3v) is 10.3. The van der Waals surface area contributed by atoms with Crippen molar-refractivity contribution in [3.63, 3.8) is 0 Å². The van der Waals surface area contributed by atoms with Gasteiger partial charge in [-0.05, 0) is 65.5 Å². The van der Waals surface area contributed by atoms with Crippen LogP contribution in [0.2, 0.25) is 0 Å². The van der Waals surface area contributed by atoms with Crippen LogP contribution in [0.15, 0.2) is 5.38 Å². The van der Waals surface area contributed by atoms with Crippen LogP contribution in [-0.4, -0.2) is 107 Å². The van der Waals surface area contributed by atoms with Crippen LogP contribution in [0.4, 0.5) is 9.59 Å².